The standard InChI is InChI=1S/C22H43NO4Si3/c1-19(21(24)22(2,23)18-20-14-11-10-12-15-20)25-16-13-17-30(9,26-28(3,4)5)27-29(6,7)8/h10-12,14-15,19H,13,16-18,23H2,1-9H3. The highest BCUT2D eigenvalue weighted by Gasteiger charge is 2.40. The molecule has 30 heavy (non-hydrogen) atoms. The molecule has 0 aliphatic rings. The van der Waals surface area contributed by atoms with Gasteiger partial charge in [-0.1, -0.05) is 30.3 Å². The number of rotatable bonds is 13. The van der Waals surface area contributed by atoms with Gasteiger partial charge in [-0.25, -0.2) is 0 Å². The van der Waals surface area contributed by atoms with E-state index < -0.39 is 36.8 Å². The number of nitrogens with two attached hydrogens (primary N) is 1. The fraction of sp³-hybridized carbons (Fsp3) is 0.682. The van der Waals surface area contributed by atoms with E-state index in [1.807, 2.05) is 30.3 Å². The van der Waals surface area contributed by atoms with Crippen LogP contribution in [0.4, 0.5) is 0 Å². The van der Waals surface area contributed by atoms with Crippen LogP contribution in [-0.2, 0) is 24.2 Å². The van der Waals surface area contributed by atoms with Gasteiger partial charge in [-0.05, 0) is 84.1 Å². The van der Waals surface area contributed by atoms with Crippen molar-refractivity contribution in [1.29, 1.82) is 0 Å². The second kappa shape index (κ2) is 10.8. The minimum absolute atomic E-state index is 0.0666. The van der Waals surface area contributed by atoms with Crippen LogP contribution >= 0.6 is 0 Å². The van der Waals surface area contributed by atoms with E-state index in [2.05, 4.69) is 45.8 Å². The smallest absolute Gasteiger partial charge is 0.314 e. The van der Waals surface area contributed by atoms with Gasteiger partial charge in [0.05, 0.1) is 5.54 Å². The molecule has 0 aliphatic carbocycles. The Balaban J connectivity index is 2.60. The first-order chi connectivity index (χ1) is 13.5. The monoisotopic (exact) mass is 469 g/mol. The molecule has 0 heterocycles. The van der Waals surface area contributed by atoms with E-state index in [1.54, 1.807) is 13.8 Å². The Morgan fingerprint density at radius 2 is 1.50 bits per heavy atom. The Kier molecular flexibility index (Phi) is 9.87. The van der Waals surface area contributed by atoms with E-state index in [0.717, 1.165) is 18.0 Å². The van der Waals surface area contributed by atoms with Crippen molar-refractivity contribution >= 4 is 31.0 Å². The van der Waals surface area contributed by atoms with Crippen LogP contribution in [0.15, 0.2) is 30.3 Å². The van der Waals surface area contributed by atoms with Crippen molar-refractivity contribution in [3.63, 3.8) is 0 Å². The van der Waals surface area contributed by atoms with Crippen molar-refractivity contribution in [3.05, 3.63) is 35.9 Å². The molecule has 0 saturated carbocycles. The number of carbonyl (C=O) groups is 1. The molecule has 0 aliphatic heterocycles. The molecule has 1 aromatic rings. The average Bonchev–Trinajstić information content (AvgIpc) is 2.55. The summed E-state index contributed by atoms with van der Waals surface area (Å²) in [5.41, 5.74) is 6.45. The van der Waals surface area contributed by atoms with Crippen molar-refractivity contribution in [1.82, 2.24) is 0 Å². The van der Waals surface area contributed by atoms with E-state index in [4.69, 9.17) is 18.7 Å². The van der Waals surface area contributed by atoms with Crippen LogP contribution in [0.1, 0.15) is 25.8 Å². The van der Waals surface area contributed by atoms with Gasteiger partial charge in [0.2, 0.25) is 0 Å². The molecular formula is C22H43NO4Si3. The molecule has 0 spiro atoms. The van der Waals surface area contributed by atoms with Crippen LogP contribution in [0.2, 0.25) is 51.9 Å². The summed E-state index contributed by atoms with van der Waals surface area (Å²) >= 11 is 0. The molecule has 2 atom stereocenters. The number of benzene rings is 1. The molecule has 1 rings (SSSR count). The molecule has 0 fully saturated rings. The molecule has 0 aromatic heterocycles. The largest absolute Gasteiger partial charge is 0.437 e. The fourth-order valence-corrected chi connectivity index (χ4v) is 16.2. The minimum atomic E-state index is -2.27. The summed E-state index contributed by atoms with van der Waals surface area (Å²) in [6.07, 6.45) is 0.779. The van der Waals surface area contributed by atoms with Crippen LogP contribution in [-0.4, -0.2) is 49.2 Å². The molecule has 8 heteroatoms. The summed E-state index contributed by atoms with van der Waals surface area (Å²) < 4.78 is 18.9. The molecule has 5 nitrogen and oxygen atoms in total. The zero-order chi connectivity index (χ0) is 23.2. The third kappa shape index (κ3) is 10.6. The first kappa shape index (κ1) is 27.4. The van der Waals surface area contributed by atoms with Crippen LogP contribution in [0, 0.1) is 0 Å². The molecule has 0 bridgehead atoms. The molecule has 2 unspecified atom stereocenters. The van der Waals surface area contributed by atoms with E-state index in [9.17, 15) is 4.79 Å². The topological polar surface area (TPSA) is 70.8 Å². The summed E-state index contributed by atoms with van der Waals surface area (Å²) in [5.74, 6) is -0.0666. The fourth-order valence-electron chi connectivity index (χ4n) is 3.72. The molecule has 0 amide bonds. The van der Waals surface area contributed by atoms with Gasteiger partial charge in [-0.3, -0.25) is 4.79 Å². The number of carbonyl (C=O) groups excluding carboxylic acids is 1. The summed E-state index contributed by atoms with van der Waals surface area (Å²) in [7, 11) is -5.69. The third-order valence-corrected chi connectivity index (χ3v) is 14.1. The highest BCUT2D eigenvalue weighted by atomic mass is 28.5. The normalized spacial score (nSPS) is 16.2. The van der Waals surface area contributed by atoms with E-state index in [-0.39, 0.29) is 5.78 Å². The maximum Gasteiger partial charge on any atom is 0.314 e. The summed E-state index contributed by atoms with van der Waals surface area (Å²) in [5, 5.41) is 0. The van der Waals surface area contributed by atoms with Gasteiger partial charge in [0.1, 0.15) is 6.10 Å². The van der Waals surface area contributed by atoms with Crippen molar-refractivity contribution < 1.29 is 17.8 Å². The number of hydrogen-bond donors (Lipinski definition) is 1. The number of Topliss-reactive ketones (excluding diaryl/α,β-unsaturated/α-hetero) is 1. The average molecular weight is 470 g/mol. The van der Waals surface area contributed by atoms with Crippen molar-refractivity contribution in [2.45, 2.75) is 90.2 Å². The first-order valence-corrected chi connectivity index (χ1v) is 20.3. The molecule has 1 aromatic carbocycles. The van der Waals surface area contributed by atoms with Gasteiger partial charge in [0.15, 0.2) is 22.4 Å². The Morgan fingerprint density at radius 3 is 1.97 bits per heavy atom. The Hall–Kier alpha value is -0.619. The van der Waals surface area contributed by atoms with Crippen LogP contribution in [0.25, 0.3) is 0 Å². The van der Waals surface area contributed by atoms with E-state index in [0.29, 0.717) is 13.0 Å². The summed E-state index contributed by atoms with van der Waals surface area (Å²) in [4.78, 5) is 12.9. The summed E-state index contributed by atoms with van der Waals surface area (Å²) in [6.45, 7) is 19.5. The quantitative estimate of drug-likeness (QED) is 0.322. The lowest BCUT2D eigenvalue weighted by molar-refractivity contribution is -0.134. The first-order valence-electron chi connectivity index (χ1n) is 10.9. The van der Waals surface area contributed by atoms with Crippen LogP contribution < -0.4 is 5.73 Å². The van der Waals surface area contributed by atoms with Crippen LogP contribution in [0.3, 0.4) is 0 Å². The Bertz CT molecular complexity index is 653. The van der Waals surface area contributed by atoms with Gasteiger partial charge in [-0.15, -0.1) is 0 Å². The molecule has 172 valence electrons. The minimum Gasteiger partial charge on any atom is -0.437 e. The Morgan fingerprint density at radius 1 is 1.00 bits per heavy atom. The Labute approximate surface area is 187 Å². The molecule has 0 saturated heterocycles. The lowest BCUT2D eigenvalue weighted by Gasteiger charge is -2.38. The van der Waals surface area contributed by atoms with Gasteiger partial charge >= 0.3 is 8.56 Å². The highest BCUT2D eigenvalue weighted by Crippen LogP contribution is 2.25. The highest BCUT2D eigenvalue weighted by molar-refractivity contribution is 6.87. The maximum atomic E-state index is 12.9. The lowest BCUT2D eigenvalue weighted by Crippen LogP contribution is -2.53. The van der Waals surface area contributed by atoms with E-state index >= 15 is 0 Å². The van der Waals surface area contributed by atoms with Gasteiger partial charge < -0.3 is 18.7 Å². The van der Waals surface area contributed by atoms with E-state index in [1.165, 1.54) is 0 Å². The number of hydrogen-bond acceptors (Lipinski definition) is 5. The van der Waals surface area contributed by atoms with Gasteiger partial charge in [0, 0.05) is 6.61 Å². The molecule has 2 N–H and O–H groups in total. The SMILES string of the molecule is CC(OCCC[Si](C)(O[Si](C)(C)C)O[Si](C)(C)C)C(=O)C(C)(N)Cc1ccccc1. The van der Waals surface area contributed by atoms with Crippen molar-refractivity contribution in [3.8, 4) is 0 Å². The van der Waals surface area contributed by atoms with Gasteiger partial charge in [-0.2, -0.15) is 0 Å². The molecular weight excluding hydrogens is 427 g/mol. The second-order valence-corrected chi connectivity index (χ2v) is 23.5. The van der Waals surface area contributed by atoms with Crippen molar-refractivity contribution in [2.75, 3.05) is 6.61 Å². The zero-order valence-electron chi connectivity index (χ0n) is 20.5. The lowest BCUT2D eigenvalue weighted by atomic mass is 9.87. The number of ketones is 1. The predicted molar refractivity (Wildman–Crippen MR) is 133 cm³/mol. The number of ether oxygens (including phenoxy) is 1. The second-order valence-electron chi connectivity index (χ2n) is 10.6. The van der Waals surface area contributed by atoms with Gasteiger partial charge in [0.25, 0.3) is 0 Å². The predicted octanol–water partition coefficient (Wildman–Crippen LogP) is 5.09. The molecule has 0 radical (unpaired) electrons. The summed E-state index contributed by atoms with van der Waals surface area (Å²) in [6, 6.07) is 10.7. The van der Waals surface area contributed by atoms with Crippen molar-refractivity contribution in [2.24, 2.45) is 5.73 Å². The maximum absolute atomic E-state index is 12.9. The van der Waals surface area contributed by atoms with Crippen LogP contribution in [0.5, 0.6) is 0 Å². The zero-order valence-corrected chi connectivity index (χ0v) is 23.5. The third-order valence-electron chi connectivity index (χ3n) is 4.53.